The van der Waals surface area contributed by atoms with Crippen molar-refractivity contribution in [3.63, 3.8) is 0 Å². The normalized spacial score (nSPS) is 11.8. The summed E-state index contributed by atoms with van der Waals surface area (Å²) in [5.74, 6) is 0.530. The lowest BCUT2D eigenvalue weighted by atomic mass is 10.1. The largest absolute Gasteiger partial charge is 0.324 e. The Morgan fingerprint density at radius 1 is 1.29 bits per heavy atom. The molecular formula is C15H17BrN4O. The molecule has 0 saturated carbocycles. The van der Waals surface area contributed by atoms with Gasteiger partial charge in [-0.3, -0.25) is 5.32 Å². The molecule has 0 radical (unpaired) electrons. The zero-order valence-corrected chi connectivity index (χ0v) is 13.4. The number of nitrogens with two attached hydrogens (primary N) is 1. The van der Waals surface area contributed by atoms with Gasteiger partial charge in [-0.05, 0) is 59.1 Å². The fourth-order valence-corrected chi connectivity index (χ4v) is 2.26. The van der Waals surface area contributed by atoms with Crippen LogP contribution >= 0.6 is 15.9 Å². The van der Waals surface area contributed by atoms with Crippen molar-refractivity contribution in [1.29, 1.82) is 0 Å². The van der Waals surface area contributed by atoms with Gasteiger partial charge in [0.2, 0.25) is 0 Å². The number of nitrogens with one attached hydrogen (secondary N) is 2. The van der Waals surface area contributed by atoms with E-state index in [1.54, 1.807) is 6.20 Å². The number of carbonyl (C=O) groups excluding carboxylic acids is 1. The van der Waals surface area contributed by atoms with E-state index in [1.165, 1.54) is 0 Å². The maximum atomic E-state index is 11.9. The third-order valence-corrected chi connectivity index (χ3v) is 3.40. The maximum Gasteiger partial charge on any atom is 0.324 e. The van der Waals surface area contributed by atoms with Crippen LogP contribution in [0, 0.1) is 6.92 Å². The topological polar surface area (TPSA) is 80.0 Å². The van der Waals surface area contributed by atoms with Crippen LogP contribution in [0.2, 0.25) is 0 Å². The fraction of sp³-hybridized carbons (Fsp3) is 0.200. The fourth-order valence-electron chi connectivity index (χ4n) is 1.81. The predicted molar refractivity (Wildman–Crippen MR) is 88.4 cm³/mol. The van der Waals surface area contributed by atoms with Crippen LogP contribution < -0.4 is 16.4 Å². The Bertz CT molecular complexity index is 641. The Morgan fingerprint density at radius 2 is 1.95 bits per heavy atom. The molecule has 110 valence electrons. The number of halogens is 1. The molecule has 1 unspecified atom stereocenters. The van der Waals surface area contributed by atoms with Crippen molar-refractivity contribution < 1.29 is 4.79 Å². The maximum absolute atomic E-state index is 11.9. The van der Waals surface area contributed by atoms with Crippen molar-refractivity contribution >= 4 is 33.5 Å². The molecule has 6 heteroatoms. The van der Waals surface area contributed by atoms with Crippen molar-refractivity contribution in [3.05, 3.63) is 52.1 Å². The summed E-state index contributed by atoms with van der Waals surface area (Å²) in [6, 6.07) is 8.96. The molecule has 0 aliphatic carbocycles. The highest BCUT2D eigenvalue weighted by Crippen LogP contribution is 2.18. The average Bonchev–Trinajstić information content (AvgIpc) is 2.42. The molecule has 0 aliphatic rings. The molecule has 2 amide bonds. The van der Waals surface area contributed by atoms with Gasteiger partial charge in [0, 0.05) is 22.4 Å². The van der Waals surface area contributed by atoms with E-state index in [4.69, 9.17) is 5.73 Å². The van der Waals surface area contributed by atoms with Crippen LogP contribution in [0.4, 0.5) is 16.3 Å². The molecule has 0 bridgehead atoms. The molecule has 5 nitrogen and oxygen atoms in total. The average molecular weight is 349 g/mol. The Morgan fingerprint density at radius 3 is 2.52 bits per heavy atom. The summed E-state index contributed by atoms with van der Waals surface area (Å²) in [6.45, 7) is 3.79. The van der Waals surface area contributed by atoms with Gasteiger partial charge >= 0.3 is 6.03 Å². The molecular weight excluding hydrogens is 332 g/mol. The molecule has 1 atom stereocenters. The summed E-state index contributed by atoms with van der Waals surface area (Å²) < 4.78 is 0.873. The second-order valence-electron chi connectivity index (χ2n) is 4.81. The molecule has 1 heterocycles. The minimum Gasteiger partial charge on any atom is -0.324 e. The van der Waals surface area contributed by atoms with Gasteiger partial charge in [0.1, 0.15) is 5.82 Å². The van der Waals surface area contributed by atoms with Crippen LogP contribution in [0.25, 0.3) is 0 Å². The van der Waals surface area contributed by atoms with E-state index < -0.39 is 0 Å². The number of aryl methyl sites for hydroxylation is 1. The zero-order valence-electron chi connectivity index (χ0n) is 11.9. The van der Waals surface area contributed by atoms with Gasteiger partial charge in [-0.25, -0.2) is 9.78 Å². The number of hydrogen-bond acceptors (Lipinski definition) is 3. The first-order valence-corrected chi connectivity index (χ1v) is 7.30. The number of aromatic nitrogens is 1. The third kappa shape index (κ3) is 4.27. The molecule has 0 aliphatic heterocycles. The molecule has 2 rings (SSSR count). The summed E-state index contributed by atoms with van der Waals surface area (Å²) in [5.41, 5.74) is 8.39. The van der Waals surface area contributed by atoms with Crippen molar-refractivity contribution in [2.24, 2.45) is 5.73 Å². The number of urea groups is 1. The van der Waals surface area contributed by atoms with Gasteiger partial charge in [0.05, 0.1) is 0 Å². The van der Waals surface area contributed by atoms with E-state index in [9.17, 15) is 4.79 Å². The van der Waals surface area contributed by atoms with Crippen LogP contribution in [-0.2, 0) is 0 Å². The SMILES string of the molecule is Cc1cc(Br)cnc1NC(=O)Nc1ccc(C(C)N)cc1. The van der Waals surface area contributed by atoms with Crippen molar-refractivity contribution in [2.75, 3.05) is 10.6 Å². The van der Waals surface area contributed by atoms with E-state index in [1.807, 2.05) is 44.2 Å². The lowest BCUT2D eigenvalue weighted by Gasteiger charge is -2.10. The summed E-state index contributed by atoms with van der Waals surface area (Å²) >= 11 is 3.33. The van der Waals surface area contributed by atoms with Gasteiger partial charge in [0.15, 0.2) is 0 Å². The molecule has 0 spiro atoms. The van der Waals surface area contributed by atoms with Crippen LogP contribution in [0.1, 0.15) is 24.1 Å². The smallest absolute Gasteiger partial charge is 0.324 e. The summed E-state index contributed by atoms with van der Waals surface area (Å²) in [7, 11) is 0. The minimum absolute atomic E-state index is 0.0255. The number of benzene rings is 1. The second-order valence-corrected chi connectivity index (χ2v) is 5.72. The van der Waals surface area contributed by atoms with Gasteiger partial charge in [-0.15, -0.1) is 0 Å². The highest BCUT2D eigenvalue weighted by Gasteiger charge is 2.07. The number of amides is 2. The molecule has 0 fully saturated rings. The van der Waals surface area contributed by atoms with Crippen LogP contribution in [-0.4, -0.2) is 11.0 Å². The zero-order chi connectivity index (χ0) is 15.4. The predicted octanol–water partition coefficient (Wildman–Crippen LogP) is 3.82. The summed E-state index contributed by atoms with van der Waals surface area (Å²) in [5, 5.41) is 5.47. The highest BCUT2D eigenvalue weighted by atomic mass is 79.9. The first-order chi connectivity index (χ1) is 9.95. The monoisotopic (exact) mass is 348 g/mol. The molecule has 1 aromatic heterocycles. The van der Waals surface area contributed by atoms with Crippen molar-refractivity contribution in [2.45, 2.75) is 19.9 Å². The van der Waals surface area contributed by atoms with Crippen molar-refractivity contribution in [3.8, 4) is 0 Å². The Balaban J connectivity index is 2.01. The van der Waals surface area contributed by atoms with Crippen LogP contribution in [0.5, 0.6) is 0 Å². The number of anilines is 2. The van der Waals surface area contributed by atoms with Crippen molar-refractivity contribution in [1.82, 2.24) is 4.98 Å². The molecule has 1 aromatic carbocycles. The van der Waals surface area contributed by atoms with Gasteiger partial charge in [0.25, 0.3) is 0 Å². The first-order valence-electron chi connectivity index (χ1n) is 6.51. The summed E-state index contributed by atoms with van der Waals surface area (Å²) in [4.78, 5) is 16.1. The molecule has 2 aromatic rings. The number of pyridine rings is 1. The number of hydrogen-bond donors (Lipinski definition) is 3. The highest BCUT2D eigenvalue weighted by molar-refractivity contribution is 9.10. The summed E-state index contributed by atoms with van der Waals surface area (Å²) in [6.07, 6.45) is 1.64. The Labute approximate surface area is 132 Å². The standard InChI is InChI=1S/C15H17BrN4O/c1-9-7-12(16)8-18-14(9)20-15(21)19-13-5-3-11(4-6-13)10(2)17/h3-8,10H,17H2,1-2H3,(H2,18,19,20,21). The molecule has 21 heavy (non-hydrogen) atoms. The lowest BCUT2D eigenvalue weighted by molar-refractivity contribution is 0.262. The van der Waals surface area contributed by atoms with E-state index in [0.717, 1.165) is 15.6 Å². The van der Waals surface area contributed by atoms with Gasteiger partial charge < -0.3 is 11.1 Å². The van der Waals surface area contributed by atoms with Gasteiger partial charge in [-0.2, -0.15) is 0 Å². The van der Waals surface area contributed by atoms with Crippen LogP contribution in [0.3, 0.4) is 0 Å². The first kappa shape index (κ1) is 15.5. The van der Waals surface area contributed by atoms with Gasteiger partial charge in [-0.1, -0.05) is 12.1 Å². The quantitative estimate of drug-likeness (QED) is 0.788. The minimum atomic E-state index is -0.332. The number of nitrogens with zero attached hydrogens (tertiary/aromatic N) is 1. The van der Waals surface area contributed by atoms with E-state index >= 15 is 0 Å². The molecule has 0 saturated heterocycles. The third-order valence-electron chi connectivity index (χ3n) is 2.97. The van der Waals surface area contributed by atoms with Crippen LogP contribution in [0.15, 0.2) is 41.0 Å². The number of rotatable bonds is 3. The Kier molecular flexibility index (Phi) is 4.93. The number of carbonyl (C=O) groups is 1. The molecule has 4 N–H and O–H groups in total. The van der Waals surface area contributed by atoms with E-state index in [0.29, 0.717) is 11.5 Å². The Hall–Kier alpha value is -1.92. The van der Waals surface area contributed by atoms with E-state index in [2.05, 4.69) is 31.5 Å². The second kappa shape index (κ2) is 6.69. The lowest BCUT2D eigenvalue weighted by Crippen LogP contribution is -2.20. The van der Waals surface area contributed by atoms with E-state index in [-0.39, 0.29) is 12.1 Å².